The van der Waals surface area contributed by atoms with Crippen LogP contribution in [0.4, 0.5) is 18.3 Å². The number of nitrogen functional groups attached to an aromatic ring is 1. The van der Waals surface area contributed by atoms with E-state index in [1.54, 1.807) is 11.3 Å². The number of hydrogen-bond acceptors (Lipinski definition) is 6. The normalized spacial score (nSPS) is 11.0. The molecule has 6 nitrogen and oxygen atoms in total. The van der Waals surface area contributed by atoms with E-state index in [0.29, 0.717) is 5.13 Å². The Morgan fingerprint density at radius 2 is 2.08 bits per heavy atom. The summed E-state index contributed by atoms with van der Waals surface area (Å²) < 4.78 is 33.7. The molecular formula is C14H13F3N4O2S2. The molecule has 0 radical (unpaired) electrons. The highest BCUT2D eigenvalue weighted by atomic mass is 32.1. The number of anilines is 1. The van der Waals surface area contributed by atoms with Crippen LogP contribution in [0.3, 0.4) is 0 Å². The molecule has 3 heterocycles. The van der Waals surface area contributed by atoms with Crippen molar-refractivity contribution in [3.8, 4) is 10.6 Å². The summed E-state index contributed by atoms with van der Waals surface area (Å²) in [5.74, 6) is -2.76. The molecule has 0 aliphatic rings. The third kappa shape index (κ3) is 5.29. The number of nitrogens with two attached hydrogens (primary N) is 1. The number of hydrogen-bond donors (Lipinski definition) is 2. The lowest BCUT2D eigenvalue weighted by molar-refractivity contribution is -0.192. The minimum absolute atomic E-state index is 0.592. The first-order valence-corrected chi connectivity index (χ1v) is 8.50. The average Bonchev–Trinajstić information content (AvgIpc) is 3.21. The number of rotatable bonds is 3. The molecule has 0 saturated carbocycles. The van der Waals surface area contributed by atoms with Crippen molar-refractivity contribution >= 4 is 33.8 Å². The van der Waals surface area contributed by atoms with Crippen molar-refractivity contribution in [1.29, 1.82) is 0 Å². The van der Waals surface area contributed by atoms with Crippen molar-refractivity contribution in [2.75, 3.05) is 5.73 Å². The van der Waals surface area contributed by atoms with Gasteiger partial charge in [-0.3, -0.25) is 4.68 Å². The van der Waals surface area contributed by atoms with Gasteiger partial charge in [0.05, 0.1) is 17.1 Å². The average molecular weight is 390 g/mol. The Morgan fingerprint density at radius 1 is 1.40 bits per heavy atom. The van der Waals surface area contributed by atoms with Crippen LogP contribution in [0.5, 0.6) is 0 Å². The van der Waals surface area contributed by atoms with Gasteiger partial charge in [0.25, 0.3) is 0 Å². The van der Waals surface area contributed by atoms with E-state index in [4.69, 9.17) is 15.6 Å². The maximum atomic E-state index is 10.6. The van der Waals surface area contributed by atoms with Crippen LogP contribution in [0.1, 0.15) is 11.3 Å². The van der Waals surface area contributed by atoms with Gasteiger partial charge in [-0.05, 0) is 35.4 Å². The molecule has 25 heavy (non-hydrogen) atoms. The van der Waals surface area contributed by atoms with Crippen LogP contribution >= 0.6 is 22.7 Å². The van der Waals surface area contributed by atoms with E-state index in [-0.39, 0.29) is 0 Å². The second-order valence-corrected chi connectivity index (χ2v) is 6.61. The first-order valence-electron chi connectivity index (χ1n) is 6.74. The molecule has 0 fully saturated rings. The van der Waals surface area contributed by atoms with E-state index < -0.39 is 12.1 Å². The van der Waals surface area contributed by atoms with Crippen LogP contribution in [-0.4, -0.2) is 32.0 Å². The van der Waals surface area contributed by atoms with E-state index in [0.717, 1.165) is 22.8 Å². The second-order valence-electron chi connectivity index (χ2n) is 4.80. The molecule has 0 saturated heterocycles. The molecule has 0 aliphatic carbocycles. The standard InChI is InChI=1S/C12H12N4S2.C2HF3O2/c1-8-11(18-12(13)14-8)10-2-4-16(15-10)6-9-3-5-17-7-9;3-2(4,5)1(6)7/h2-5,7H,6H2,1H3,(H2,13,14);(H,6,7). The SMILES string of the molecule is Cc1nc(N)sc1-c1ccn(Cc2ccsc2)n1.O=C(O)C(F)(F)F. The number of thiazole rings is 1. The zero-order chi connectivity index (χ0) is 18.6. The number of carboxylic acids is 1. The minimum Gasteiger partial charge on any atom is -0.475 e. The second kappa shape index (κ2) is 7.66. The largest absolute Gasteiger partial charge is 0.490 e. The van der Waals surface area contributed by atoms with Gasteiger partial charge in [0.2, 0.25) is 0 Å². The third-order valence-corrected chi connectivity index (χ3v) is 4.59. The number of alkyl halides is 3. The molecule has 0 spiro atoms. The maximum Gasteiger partial charge on any atom is 0.490 e. The lowest BCUT2D eigenvalue weighted by Gasteiger charge is -1.98. The molecule has 3 N–H and O–H groups in total. The molecule has 0 aliphatic heterocycles. The van der Waals surface area contributed by atoms with Crippen molar-refractivity contribution in [3.63, 3.8) is 0 Å². The van der Waals surface area contributed by atoms with Crippen LogP contribution in [0.15, 0.2) is 29.1 Å². The van der Waals surface area contributed by atoms with E-state index in [9.17, 15) is 13.2 Å². The molecule has 3 aromatic rings. The minimum atomic E-state index is -5.08. The molecule has 0 bridgehead atoms. The summed E-state index contributed by atoms with van der Waals surface area (Å²) in [4.78, 5) is 14.2. The third-order valence-electron chi connectivity index (χ3n) is 2.85. The summed E-state index contributed by atoms with van der Waals surface area (Å²) in [5, 5.41) is 16.5. The van der Waals surface area contributed by atoms with Gasteiger partial charge < -0.3 is 10.8 Å². The Hall–Kier alpha value is -2.40. The van der Waals surface area contributed by atoms with Gasteiger partial charge in [-0.1, -0.05) is 11.3 Å². The number of halogens is 3. The van der Waals surface area contributed by atoms with Crippen LogP contribution in [0.25, 0.3) is 10.6 Å². The van der Waals surface area contributed by atoms with Gasteiger partial charge in [0.15, 0.2) is 5.13 Å². The fourth-order valence-electron chi connectivity index (χ4n) is 1.80. The predicted octanol–water partition coefficient (Wildman–Crippen LogP) is 3.64. The quantitative estimate of drug-likeness (QED) is 0.712. The molecular weight excluding hydrogens is 377 g/mol. The number of nitrogens with zero attached hydrogens (tertiary/aromatic N) is 3. The number of aliphatic carboxylic acids is 1. The lowest BCUT2D eigenvalue weighted by atomic mass is 10.3. The summed E-state index contributed by atoms with van der Waals surface area (Å²) in [7, 11) is 0. The van der Waals surface area contributed by atoms with Crippen molar-refractivity contribution < 1.29 is 23.1 Å². The molecule has 3 aromatic heterocycles. The smallest absolute Gasteiger partial charge is 0.475 e. The molecule has 134 valence electrons. The monoisotopic (exact) mass is 390 g/mol. The van der Waals surface area contributed by atoms with Crippen molar-refractivity contribution in [2.45, 2.75) is 19.6 Å². The highest BCUT2D eigenvalue weighted by molar-refractivity contribution is 7.18. The topological polar surface area (TPSA) is 94.0 Å². The van der Waals surface area contributed by atoms with E-state index in [2.05, 4.69) is 26.9 Å². The lowest BCUT2D eigenvalue weighted by Crippen LogP contribution is -2.21. The molecule has 0 unspecified atom stereocenters. The van der Waals surface area contributed by atoms with Crippen LogP contribution in [-0.2, 0) is 11.3 Å². The van der Waals surface area contributed by atoms with Gasteiger partial charge in [-0.2, -0.15) is 29.6 Å². The summed E-state index contributed by atoms with van der Waals surface area (Å²) >= 11 is 3.18. The zero-order valence-corrected chi connectivity index (χ0v) is 14.5. The van der Waals surface area contributed by atoms with E-state index in [1.807, 2.05) is 23.9 Å². The number of aromatic nitrogens is 3. The van der Waals surface area contributed by atoms with Gasteiger partial charge in [0, 0.05) is 6.20 Å². The Morgan fingerprint density at radius 3 is 2.56 bits per heavy atom. The summed E-state index contributed by atoms with van der Waals surface area (Å²) in [5.41, 5.74) is 8.87. The maximum absolute atomic E-state index is 10.6. The first-order chi connectivity index (χ1) is 11.7. The Labute approximate surface area is 148 Å². The number of carbonyl (C=O) groups is 1. The van der Waals surface area contributed by atoms with Crippen LogP contribution in [0, 0.1) is 6.92 Å². The van der Waals surface area contributed by atoms with E-state index >= 15 is 0 Å². The Bertz CT molecular complexity index is 841. The number of thiophene rings is 1. The van der Waals surface area contributed by atoms with Crippen molar-refractivity contribution in [1.82, 2.24) is 14.8 Å². The molecule has 0 aromatic carbocycles. The van der Waals surface area contributed by atoms with Gasteiger partial charge in [-0.15, -0.1) is 0 Å². The van der Waals surface area contributed by atoms with Crippen LogP contribution < -0.4 is 5.73 Å². The Kier molecular flexibility index (Phi) is 5.80. The van der Waals surface area contributed by atoms with Crippen LogP contribution in [0.2, 0.25) is 0 Å². The van der Waals surface area contributed by atoms with Gasteiger partial charge >= 0.3 is 12.1 Å². The van der Waals surface area contributed by atoms with Crippen molar-refractivity contribution in [3.05, 3.63) is 40.3 Å². The summed E-state index contributed by atoms with van der Waals surface area (Å²) in [6.07, 6.45) is -3.09. The fourth-order valence-corrected chi connectivity index (χ4v) is 3.25. The summed E-state index contributed by atoms with van der Waals surface area (Å²) in [6.45, 7) is 2.76. The van der Waals surface area contributed by atoms with Gasteiger partial charge in [-0.25, -0.2) is 9.78 Å². The predicted molar refractivity (Wildman–Crippen MR) is 89.6 cm³/mol. The molecule has 3 rings (SSSR count). The number of carboxylic acid groups (broad SMARTS) is 1. The number of aryl methyl sites for hydroxylation is 1. The molecule has 0 amide bonds. The highest BCUT2D eigenvalue weighted by Gasteiger charge is 2.38. The summed E-state index contributed by atoms with van der Waals surface area (Å²) in [6, 6.07) is 4.12. The van der Waals surface area contributed by atoms with Gasteiger partial charge in [0.1, 0.15) is 5.69 Å². The van der Waals surface area contributed by atoms with E-state index in [1.165, 1.54) is 16.9 Å². The highest BCUT2D eigenvalue weighted by Crippen LogP contribution is 2.29. The molecule has 0 atom stereocenters. The van der Waals surface area contributed by atoms with Crippen molar-refractivity contribution in [2.24, 2.45) is 0 Å². The fraction of sp³-hybridized carbons (Fsp3) is 0.214. The Balaban J connectivity index is 0.000000277. The zero-order valence-electron chi connectivity index (χ0n) is 12.8. The molecule has 11 heteroatoms. The first kappa shape index (κ1) is 18.9.